The summed E-state index contributed by atoms with van der Waals surface area (Å²) in [6.45, 7) is 17.2. The quantitative estimate of drug-likeness (QED) is 0.0375. The third kappa shape index (κ3) is 12.2. The van der Waals surface area contributed by atoms with E-state index in [4.69, 9.17) is 9.47 Å². The standard InChI is InChI=1S/C54H66N4O10P2/c1-9-19-67-49-37-21-33-29-43(57-51(69(61,62)63)45-15-11-13-17-55-45)31-35(47(33)59)23-39-27-42(54(6,7)8)28-40(50(39)68-20-10-2)24-36-32-44(58-52(70(64,65)66)46-16-12-14-18-56-46)30-34(48(36)60)22-38(49)26-41(25-37)53(3,4)5/h11-18,25-32,51-52,57-60H,9-10,19-24H2,1-8H3,(H2,61,62,63)(H2,64,65,66)/t51-,52+. The molecule has 0 spiro atoms. The van der Waals surface area contributed by atoms with Crippen molar-refractivity contribution < 1.29 is 48.4 Å². The fraction of sp³-hybridized carbons (Fsp3) is 0.370. The van der Waals surface area contributed by atoms with E-state index in [0.717, 1.165) is 33.4 Å². The van der Waals surface area contributed by atoms with Gasteiger partial charge in [-0.15, -0.1) is 0 Å². The Morgan fingerprint density at radius 2 is 0.843 bits per heavy atom. The van der Waals surface area contributed by atoms with Gasteiger partial charge in [-0.25, -0.2) is 0 Å². The highest BCUT2D eigenvalue weighted by Gasteiger charge is 2.34. The maximum atomic E-state index is 13.2. The van der Waals surface area contributed by atoms with Gasteiger partial charge in [-0.2, -0.15) is 0 Å². The smallest absolute Gasteiger partial charge is 0.353 e. The zero-order chi connectivity index (χ0) is 50.8. The summed E-state index contributed by atoms with van der Waals surface area (Å²) in [5.74, 6) is -1.92. The van der Waals surface area contributed by atoms with Crippen LogP contribution in [0.25, 0.3) is 0 Å². The van der Waals surface area contributed by atoms with Gasteiger partial charge in [0.05, 0.1) is 24.6 Å². The summed E-state index contributed by atoms with van der Waals surface area (Å²) in [6, 6.07) is 24.8. The highest BCUT2D eigenvalue weighted by atomic mass is 31.2. The lowest BCUT2D eigenvalue weighted by molar-refractivity contribution is 0.311. The SMILES string of the molecule is CCCOc1c2cc(C(C)(C)C)cc1Cc1cc(N[C@@H](c3ccccn3)P(=O)(O)O)cc(c1O)Cc1cc(C(C)(C)C)cc(c1OCCC)Cc1cc(N[C@H](c3ccccn3)P(=O)(O)O)cc(c1O)C2. The number of fused-ring (bicyclic) bond motifs is 8. The predicted molar refractivity (Wildman–Crippen MR) is 275 cm³/mol. The van der Waals surface area contributed by atoms with E-state index in [-0.39, 0.29) is 59.4 Å². The second-order valence-electron chi connectivity index (χ2n) is 20.2. The van der Waals surface area contributed by atoms with Gasteiger partial charge in [0, 0.05) is 71.7 Å². The average molecular weight is 993 g/mol. The molecule has 2 atom stereocenters. The Hall–Kier alpha value is -5.72. The van der Waals surface area contributed by atoms with Crippen LogP contribution >= 0.6 is 15.2 Å². The van der Waals surface area contributed by atoms with Crippen LogP contribution < -0.4 is 20.1 Å². The van der Waals surface area contributed by atoms with Gasteiger partial charge < -0.3 is 49.9 Å². The van der Waals surface area contributed by atoms with E-state index < -0.39 is 26.8 Å². The molecule has 16 heteroatoms. The fourth-order valence-corrected chi connectivity index (χ4v) is 10.4. The first kappa shape index (κ1) is 52.1. The van der Waals surface area contributed by atoms with E-state index in [1.807, 2.05) is 13.8 Å². The predicted octanol–water partition coefficient (Wildman–Crippen LogP) is 11.3. The summed E-state index contributed by atoms with van der Waals surface area (Å²) < 4.78 is 39.7. The van der Waals surface area contributed by atoms with E-state index in [1.165, 1.54) is 12.4 Å². The van der Waals surface area contributed by atoms with Crippen LogP contribution in [0, 0.1) is 0 Å². The number of aromatic hydroxyl groups is 2. The van der Waals surface area contributed by atoms with Crippen molar-refractivity contribution in [2.75, 3.05) is 23.8 Å². The van der Waals surface area contributed by atoms with Gasteiger partial charge in [0.1, 0.15) is 23.0 Å². The maximum absolute atomic E-state index is 13.2. The maximum Gasteiger partial charge on any atom is 0.353 e. The van der Waals surface area contributed by atoms with Gasteiger partial charge in [-0.05, 0) is 106 Å². The molecule has 7 rings (SSSR count). The summed E-state index contributed by atoms with van der Waals surface area (Å²) in [5.41, 5.74) is 6.91. The number of phenolic OH excluding ortho intramolecular Hbond substituents is 2. The Morgan fingerprint density at radius 1 is 0.529 bits per heavy atom. The van der Waals surface area contributed by atoms with E-state index in [0.29, 0.717) is 71.2 Å². The van der Waals surface area contributed by atoms with Crippen LogP contribution in [0.3, 0.4) is 0 Å². The molecule has 70 heavy (non-hydrogen) atoms. The number of benzene rings is 4. The topological polar surface area (TPSA) is 224 Å². The number of phenols is 2. The summed E-state index contributed by atoms with van der Waals surface area (Å²) >= 11 is 0. The molecule has 8 N–H and O–H groups in total. The molecule has 1 aliphatic carbocycles. The summed E-state index contributed by atoms with van der Waals surface area (Å²) in [6.07, 6.45) is 4.84. The molecule has 0 amide bonds. The van der Waals surface area contributed by atoms with Crippen LogP contribution in [0.1, 0.15) is 147 Å². The molecule has 2 heterocycles. The zero-order valence-corrected chi connectivity index (χ0v) is 42.9. The van der Waals surface area contributed by atoms with Crippen LogP contribution in [0.4, 0.5) is 11.4 Å². The molecular weight excluding hydrogens is 927 g/mol. The second kappa shape index (κ2) is 20.9. The fourth-order valence-electron chi connectivity index (χ4n) is 8.78. The van der Waals surface area contributed by atoms with E-state index >= 15 is 0 Å². The van der Waals surface area contributed by atoms with Crippen LogP contribution in [0.2, 0.25) is 0 Å². The van der Waals surface area contributed by atoms with Gasteiger partial charge in [0.25, 0.3) is 0 Å². The molecule has 2 aromatic heterocycles. The van der Waals surface area contributed by atoms with Crippen molar-refractivity contribution in [3.05, 3.63) is 164 Å². The third-order valence-electron chi connectivity index (χ3n) is 12.4. The van der Waals surface area contributed by atoms with Gasteiger partial charge >= 0.3 is 15.2 Å². The summed E-state index contributed by atoms with van der Waals surface area (Å²) in [7, 11) is -9.71. The number of rotatable bonds is 14. The average Bonchev–Trinajstić information content (AvgIpc) is 3.28. The number of nitrogens with one attached hydrogen (secondary N) is 2. The normalized spacial score (nSPS) is 14.1. The summed E-state index contributed by atoms with van der Waals surface area (Å²) in [5, 5.41) is 31.3. The lowest BCUT2D eigenvalue weighted by atomic mass is 9.81. The van der Waals surface area contributed by atoms with Crippen molar-refractivity contribution in [2.24, 2.45) is 0 Å². The second-order valence-corrected chi connectivity index (χ2v) is 23.6. The largest absolute Gasteiger partial charge is 0.507 e. The molecule has 4 aromatic carbocycles. The molecule has 6 aromatic rings. The molecule has 14 nitrogen and oxygen atoms in total. The van der Waals surface area contributed by atoms with E-state index in [9.17, 15) is 38.9 Å². The van der Waals surface area contributed by atoms with Crippen molar-refractivity contribution in [3.63, 3.8) is 0 Å². The number of nitrogens with zero attached hydrogens (tertiary/aromatic N) is 2. The first-order chi connectivity index (χ1) is 32.9. The Kier molecular flexibility index (Phi) is 15.6. The molecule has 372 valence electrons. The van der Waals surface area contributed by atoms with Gasteiger partial charge in [-0.1, -0.05) is 91.8 Å². The van der Waals surface area contributed by atoms with Crippen molar-refractivity contribution in [1.29, 1.82) is 0 Å². The Balaban J connectivity index is 1.55. The minimum Gasteiger partial charge on any atom is -0.507 e. The van der Waals surface area contributed by atoms with Crippen molar-refractivity contribution >= 4 is 26.6 Å². The lowest BCUT2D eigenvalue weighted by Gasteiger charge is -2.27. The molecule has 0 saturated heterocycles. The molecule has 1 aliphatic rings. The van der Waals surface area contributed by atoms with Crippen LogP contribution in [-0.2, 0) is 45.6 Å². The first-order valence-electron chi connectivity index (χ1n) is 23.7. The van der Waals surface area contributed by atoms with Crippen molar-refractivity contribution in [1.82, 2.24) is 9.97 Å². The molecule has 0 aliphatic heterocycles. The third-order valence-corrected chi connectivity index (χ3v) is 14.5. The van der Waals surface area contributed by atoms with Crippen LogP contribution in [0.15, 0.2) is 97.3 Å². The molecule has 0 fully saturated rings. The minimum atomic E-state index is -4.86. The highest BCUT2D eigenvalue weighted by Crippen LogP contribution is 2.53. The number of aromatic nitrogens is 2. The lowest BCUT2D eigenvalue weighted by Crippen LogP contribution is -2.16. The van der Waals surface area contributed by atoms with Crippen LogP contribution in [-0.4, -0.2) is 53.0 Å². The minimum absolute atomic E-state index is 0.00242. The molecule has 0 saturated carbocycles. The van der Waals surface area contributed by atoms with Crippen molar-refractivity contribution in [3.8, 4) is 23.0 Å². The number of pyridine rings is 2. The van der Waals surface area contributed by atoms with Crippen LogP contribution in [0.5, 0.6) is 23.0 Å². The van der Waals surface area contributed by atoms with Gasteiger partial charge in [-0.3, -0.25) is 19.1 Å². The molecular formula is C54H66N4O10P2. The zero-order valence-electron chi connectivity index (χ0n) is 41.2. The van der Waals surface area contributed by atoms with Gasteiger partial charge in [0.15, 0.2) is 11.6 Å². The molecule has 8 bridgehead atoms. The summed E-state index contributed by atoms with van der Waals surface area (Å²) in [4.78, 5) is 51.6. The highest BCUT2D eigenvalue weighted by molar-refractivity contribution is 7.52. The number of hydrogen-bond acceptors (Lipinski definition) is 10. The number of ether oxygens (including phenoxy) is 2. The molecule has 0 unspecified atom stereocenters. The number of hydrogen-bond donors (Lipinski definition) is 8. The molecule has 0 radical (unpaired) electrons. The van der Waals surface area contributed by atoms with Crippen molar-refractivity contribution in [2.45, 2.75) is 116 Å². The van der Waals surface area contributed by atoms with Gasteiger partial charge in [0.2, 0.25) is 0 Å². The van der Waals surface area contributed by atoms with E-state index in [2.05, 4.69) is 86.4 Å². The van der Waals surface area contributed by atoms with E-state index in [1.54, 1.807) is 60.7 Å². The number of anilines is 2. The Morgan fingerprint density at radius 3 is 1.09 bits per heavy atom. The monoisotopic (exact) mass is 992 g/mol. The Bertz CT molecular complexity index is 2630. The Labute approximate surface area is 410 Å². The first-order valence-corrected chi connectivity index (χ1v) is 27.0.